The van der Waals surface area contributed by atoms with E-state index >= 15 is 0 Å². The number of nitrogens with one attached hydrogen (secondary N) is 1. The molecule has 0 spiro atoms. The van der Waals surface area contributed by atoms with E-state index in [9.17, 15) is 4.79 Å². The first-order valence-electron chi connectivity index (χ1n) is 11.0. The Balaban J connectivity index is 1.33. The largest absolute Gasteiger partial charge is 0.379 e. The number of amides is 2. The Labute approximate surface area is 179 Å². The maximum absolute atomic E-state index is 12.9. The van der Waals surface area contributed by atoms with Crippen LogP contribution in [0.3, 0.4) is 0 Å². The van der Waals surface area contributed by atoms with Crippen LogP contribution >= 0.6 is 0 Å². The summed E-state index contributed by atoms with van der Waals surface area (Å²) in [5, 5.41) is 7.64. The molecular weight excluding hydrogens is 378 g/mol. The molecule has 3 heterocycles. The minimum absolute atomic E-state index is 0.00458. The van der Waals surface area contributed by atoms with Crippen molar-refractivity contribution in [2.24, 2.45) is 5.92 Å². The van der Waals surface area contributed by atoms with Crippen molar-refractivity contribution in [3.8, 4) is 0 Å². The third kappa shape index (κ3) is 5.40. The third-order valence-corrected chi connectivity index (χ3v) is 6.04. The summed E-state index contributed by atoms with van der Waals surface area (Å²) < 4.78 is 7.44. The molecule has 162 valence electrons. The predicted octanol–water partition coefficient (Wildman–Crippen LogP) is 3.12. The Hall–Kier alpha value is -2.38. The Morgan fingerprint density at radius 2 is 2.03 bits per heavy atom. The van der Waals surface area contributed by atoms with Gasteiger partial charge in [-0.1, -0.05) is 12.1 Å². The van der Waals surface area contributed by atoms with Crippen LogP contribution in [0.2, 0.25) is 0 Å². The van der Waals surface area contributed by atoms with Gasteiger partial charge in [0.15, 0.2) is 0 Å². The molecule has 1 aromatic heterocycles. The summed E-state index contributed by atoms with van der Waals surface area (Å²) in [4.78, 5) is 17.3. The van der Waals surface area contributed by atoms with Gasteiger partial charge >= 0.3 is 6.03 Å². The van der Waals surface area contributed by atoms with Crippen molar-refractivity contribution in [2.45, 2.75) is 33.2 Å². The van der Waals surface area contributed by atoms with E-state index in [4.69, 9.17) is 4.74 Å². The minimum Gasteiger partial charge on any atom is -0.379 e. The number of anilines is 1. The molecule has 0 aliphatic carbocycles. The zero-order valence-electron chi connectivity index (χ0n) is 18.1. The number of likely N-dealkylation sites (tertiary alicyclic amines) is 1. The number of rotatable bonds is 5. The molecule has 7 heteroatoms. The lowest BCUT2D eigenvalue weighted by Gasteiger charge is -2.36. The molecule has 1 N–H and O–H groups in total. The fourth-order valence-electron chi connectivity index (χ4n) is 4.51. The van der Waals surface area contributed by atoms with Gasteiger partial charge in [0.25, 0.3) is 0 Å². The van der Waals surface area contributed by atoms with Crippen molar-refractivity contribution in [3.05, 3.63) is 47.3 Å². The summed E-state index contributed by atoms with van der Waals surface area (Å²) in [6.45, 7) is 11.1. The molecule has 1 unspecified atom stereocenters. The van der Waals surface area contributed by atoms with Gasteiger partial charge in [-0.15, -0.1) is 0 Å². The highest BCUT2D eigenvalue weighted by molar-refractivity contribution is 5.89. The normalized spacial score (nSPS) is 20.3. The first kappa shape index (κ1) is 20.9. The number of benzene rings is 1. The number of morpholine rings is 1. The monoisotopic (exact) mass is 411 g/mol. The average Bonchev–Trinajstić information content (AvgIpc) is 3.06. The minimum atomic E-state index is 0.00458. The van der Waals surface area contributed by atoms with Gasteiger partial charge in [-0.25, -0.2) is 4.79 Å². The molecular formula is C23H33N5O2. The molecule has 2 saturated heterocycles. The number of ether oxygens (including phenoxy) is 1. The van der Waals surface area contributed by atoms with Crippen molar-refractivity contribution in [2.75, 3.05) is 51.3 Å². The van der Waals surface area contributed by atoms with Crippen LogP contribution in [0.15, 0.2) is 30.3 Å². The molecule has 30 heavy (non-hydrogen) atoms. The lowest BCUT2D eigenvalue weighted by molar-refractivity contribution is 0.0252. The van der Waals surface area contributed by atoms with E-state index in [2.05, 4.69) is 34.4 Å². The summed E-state index contributed by atoms with van der Waals surface area (Å²) in [7, 11) is 0. The second kappa shape index (κ2) is 9.62. The van der Waals surface area contributed by atoms with Gasteiger partial charge in [0.2, 0.25) is 0 Å². The summed E-state index contributed by atoms with van der Waals surface area (Å²) in [6.07, 6.45) is 2.26. The van der Waals surface area contributed by atoms with Crippen molar-refractivity contribution >= 4 is 11.7 Å². The van der Waals surface area contributed by atoms with E-state index < -0.39 is 0 Å². The lowest BCUT2D eigenvalue weighted by Crippen LogP contribution is -2.47. The van der Waals surface area contributed by atoms with Gasteiger partial charge in [0, 0.05) is 44.1 Å². The van der Waals surface area contributed by atoms with Gasteiger partial charge in [0.1, 0.15) is 0 Å². The van der Waals surface area contributed by atoms with E-state index in [0.717, 1.165) is 75.0 Å². The molecule has 2 aliphatic heterocycles. The average molecular weight is 412 g/mol. The third-order valence-electron chi connectivity index (χ3n) is 6.04. The number of urea groups is 1. The van der Waals surface area contributed by atoms with Crippen LogP contribution in [0.1, 0.15) is 29.8 Å². The van der Waals surface area contributed by atoms with Crippen molar-refractivity contribution in [3.63, 3.8) is 0 Å². The van der Waals surface area contributed by atoms with Gasteiger partial charge in [0.05, 0.1) is 25.5 Å². The zero-order valence-corrected chi connectivity index (χ0v) is 18.1. The van der Waals surface area contributed by atoms with Crippen LogP contribution in [0.25, 0.3) is 0 Å². The summed E-state index contributed by atoms with van der Waals surface area (Å²) in [5.41, 5.74) is 4.13. The Morgan fingerprint density at radius 3 is 2.80 bits per heavy atom. The maximum Gasteiger partial charge on any atom is 0.321 e. The fourth-order valence-corrected chi connectivity index (χ4v) is 4.51. The van der Waals surface area contributed by atoms with E-state index in [1.165, 1.54) is 6.42 Å². The Kier molecular flexibility index (Phi) is 6.69. The summed E-state index contributed by atoms with van der Waals surface area (Å²) in [5.74, 6) is 0.542. The highest BCUT2D eigenvalue weighted by Gasteiger charge is 2.26. The quantitative estimate of drug-likeness (QED) is 0.821. The van der Waals surface area contributed by atoms with Gasteiger partial charge in [-0.2, -0.15) is 5.10 Å². The van der Waals surface area contributed by atoms with Crippen molar-refractivity contribution in [1.82, 2.24) is 19.6 Å². The van der Waals surface area contributed by atoms with E-state index in [1.54, 1.807) is 0 Å². The van der Waals surface area contributed by atoms with Crippen molar-refractivity contribution < 1.29 is 9.53 Å². The maximum atomic E-state index is 12.9. The fraction of sp³-hybridized carbons (Fsp3) is 0.565. The smallest absolute Gasteiger partial charge is 0.321 e. The molecule has 1 atom stereocenters. The molecule has 7 nitrogen and oxygen atoms in total. The molecule has 2 fully saturated rings. The van der Waals surface area contributed by atoms with Crippen LogP contribution in [0.4, 0.5) is 10.5 Å². The summed E-state index contributed by atoms with van der Waals surface area (Å²) in [6, 6.07) is 10.2. The predicted molar refractivity (Wildman–Crippen MR) is 118 cm³/mol. The first-order valence-corrected chi connectivity index (χ1v) is 11.0. The molecule has 1 aromatic carbocycles. The second-order valence-electron chi connectivity index (χ2n) is 8.58. The van der Waals surface area contributed by atoms with Gasteiger partial charge in [-0.05, 0) is 56.4 Å². The molecule has 2 aliphatic rings. The number of aromatic nitrogens is 2. The highest BCUT2D eigenvalue weighted by Crippen LogP contribution is 2.20. The van der Waals surface area contributed by atoms with Crippen LogP contribution in [-0.2, 0) is 11.3 Å². The number of hydrogen-bond donors (Lipinski definition) is 1. The number of nitrogens with zero attached hydrogens (tertiary/aromatic N) is 4. The number of piperidine rings is 1. The Bertz CT molecular complexity index is 859. The number of hydrogen-bond acceptors (Lipinski definition) is 4. The van der Waals surface area contributed by atoms with Crippen LogP contribution in [0.5, 0.6) is 0 Å². The molecule has 0 bridgehead atoms. The molecule has 0 radical (unpaired) electrons. The van der Waals surface area contributed by atoms with E-state index in [1.807, 2.05) is 34.7 Å². The van der Waals surface area contributed by atoms with Crippen LogP contribution < -0.4 is 5.32 Å². The van der Waals surface area contributed by atoms with Crippen LogP contribution in [-0.4, -0.2) is 71.5 Å². The lowest BCUT2D eigenvalue weighted by atomic mass is 9.97. The zero-order chi connectivity index (χ0) is 20.9. The van der Waals surface area contributed by atoms with Gasteiger partial charge in [-0.3, -0.25) is 9.58 Å². The number of aryl methyl sites for hydroxylation is 2. The highest BCUT2D eigenvalue weighted by atomic mass is 16.5. The van der Waals surface area contributed by atoms with Crippen molar-refractivity contribution in [1.29, 1.82) is 0 Å². The number of carbonyl (C=O) groups is 1. The molecule has 0 saturated carbocycles. The van der Waals surface area contributed by atoms with E-state index in [-0.39, 0.29) is 6.03 Å². The molecule has 2 aromatic rings. The van der Waals surface area contributed by atoms with Gasteiger partial charge < -0.3 is 15.0 Å². The molecule has 4 rings (SSSR count). The SMILES string of the molecule is Cc1cc(C)n(Cc2cccc(NC(=O)N3CCCC(CN4CCOCC4)C3)c2)n1. The standard InChI is InChI=1S/C23H33N5O2/c1-18-13-19(2)28(25-18)17-20-5-3-7-22(14-20)24-23(29)27-8-4-6-21(16-27)15-26-9-11-30-12-10-26/h3,5,7,13-14,21H,4,6,8-12,15-17H2,1-2H3,(H,24,29). The van der Waals surface area contributed by atoms with Crippen LogP contribution in [0, 0.1) is 19.8 Å². The second-order valence-corrected chi connectivity index (χ2v) is 8.58. The van der Waals surface area contributed by atoms with E-state index in [0.29, 0.717) is 12.5 Å². The number of carbonyl (C=O) groups excluding carboxylic acids is 1. The summed E-state index contributed by atoms with van der Waals surface area (Å²) >= 11 is 0. The Morgan fingerprint density at radius 1 is 1.20 bits per heavy atom. The molecule has 2 amide bonds. The first-order chi connectivity index (χ1) is 14.6. The topological polar surface area (TPSA) is 62.6 Å².